The molecule has 2 rings (SSSR count). The van der Waals surface area contributed by atoms with E-state index in [1.54, 1.807) is 0 Å². The van der Waals surface area contributed by atoms with Crippen molar-refractivity contribution in [2.24, 2.45) is 17.8 Å². The smallest absolute Gasteiger partial charge is 0.0136 e. The van der Waals surface area contributed by atoms with Crippen LogP contribution >= 0.6 is 0 Å². The quantitative estimate of drug-likeness (QED) is 0.501. The van der Waals surface area contributed by atoms with Crippen molar-refractivity contribution in [3.05, 3.63) is 12.2 Å². The molecule has 0 saturated heterocycles. The molecule has 2 nitrogen and oxygen atoms in total. The highest BCUT2D eigenvalue weighted by Crippen LogP contribution is 2.42. The molecule has 0 heterocycles. The van der Waals surface area contributed by atoms with Crippen LogP contribution in [0.1, 0.15) is 12.8 Å². The number of hydrazine groups is 1. The van der Waals surface area contributed by atoms with Crippen LogP contribution in [0.5, 0.6) is 0 Å². The third-order valence-corrected chi connectivity index (χ3v) is 3.09. The molecule has 0 radical (unpaired) electrons. The molecule has 1 fully saturated rings. The summed E-state index contributed by atoms with van der Waals surface area (Å²) in [7, 11) is 4.12. The van der Waals surface area contributed by atoms with Gasteiger partial charge in [-0.25, -0.2) is 0 Å². The van der Waals surface area contributed by atoms with Gasteiger partial charge in [-0.1, -0.05) is 12.2 Å². The largest absolute Gasteiger partial charge is 0.255 e. The van der Waals surface area contributed by atoms with Gasteiger partial charge in [-0.15, -0.1) is 0 Å². The number of hydrogen-bond donors (Lipinski definition) is 1. The van der Waals surface area contributed by atoms with Gasteiger partial charge in [0.25, 0.3) is 0 Å². The lowest BCUT2D eigenvalue weighted by atomic mass is 9.94. The summed E-state index contributed by atoms with van der Waals surface area (Å²) in [6.07, 6.45) is 7.63. The van der Waals surface area contributed by atoms with E-state index in [0.717, 1.165) is 24.3 Å². The first-order valence-electron chi connectivity index (χ1n) is 4.85. The van der Waals surface area contributed by atoms with Gasteiger partial charge in [-0.2, -0.15) is 0 Å². The van der Waals surface area contributed by atoms with Crippen LogP contribution in [0.15, 0.2) is 12.2 Å². The molecule has 1 N–H and O–H groups in total. The molecule has 0 aromatic rings. The number of rotatable bonds is 3. The van der Waals surface area contributed by atoms with Gasteiger partial charge < -0.3 is 0 Å². The summed E-state index contributed by atoms with van der Waals surface area (Å²) in [5.74, 6) is 2.67. The fourth-order valence-electron chi connectivity index (χ4n) is 2.43. The minimum Gasteiger partial charge on any atom is -0.255 e. The van der Waals surface area contributed by atoms with Crippen LogP contribution in [0.2, 0.25) is 0 Å². The Balaban J connectivity index is 1.80. The van der Waals surface area contributed by atoms with Gasteiger partial charge in [-0.05, 0) is 30.6 Å². The average molecular weight is 166 g/mol. The summed E-state index contributed by atoms with van der Waals surface area (Å²) in [6.45, 7) is 1.15. The molecule has 0 aromatic carbocycles. The molecule has 2 aliphatic carbocycles. The first-order chi connectivity index (χ1) is 5.75. The Hall–Kier alpha value is -0.340. The molecule has 0 spiro atoms. The zero-order valence-electron chi connectivity index (χ0n) is 7.96. The molecule has 2 heteroatoms. The van der Waals surface area contributed by atoms with E-state index in [1.807, 2.05) is 0 Å². The Labute approximate surface area is 74.6 Å². The Morgan fingerprint density at radius 1 is 1.33 bits per heavy atom. The Bertz CT molecular complexity index is 186. The molecule has 68 valence electrons. The van der Waals surface area contributed by atoms with E-state index in [-0.39, 0.29) is 0 Å². The van der Waals surface area contributed by atoms with Crippen molar-refractivity contribution in [1.82, 2.24) is 10.4 Å². The first kappa shape index (κ1) is 8.27. The lowest BCUT2D eigenvalue weighted by molar-refractivity contribution is 0.249. The molecular weight excluding hydrogens is 148 g/mol. The van der Waals surface area contributed by atoms with Gasteiger partial charge in [-0.3, -0.25) is 10.4 Å². The zero-order valence-corrected chi connectivity index (χ0v) is 7.96. The van der Waals surface area contributed by atoms with E-state index < -0.39 is 0 Å². The SMILES string of the molecule is CN(C)NCC1CC2C=CC1C2. The molecule has 3 unspecified atom stereocenters. The number of nitrogens with zero attached hydrogens (tertiary/aromatic N) is 1. The summed E-state index contributed by atoms with van der Waals surface area (Å²) in [6, 6.07) is 0. The molecule has 2 bridgehead atoms. The van der Waals surface area contributed by atoms with Crippen molar-refractivity contribution in [2.75, 3.05) is 20.6 Å². The minimum absolute atomic E-state index is 0.877. The number of fused-ring (bicyclic) bond motifs is 2. The highest BCUT2D eigenvalue weighted by molar-refractivity contribution is 5.10. The minimum atomic E-state index is 0.877. The summed E-state index contributed by atoms with van der Waals surface area (Å²) < 4.78 is 0. The second-order valence-corrected chi connectivity index (χ2v) is 4.30. The second-order valence-electron chi connectivity index (χ2n) is 4.30. The van der Waals surface area contributed by atoms with E-state index in [2.05, 4.69) is 36.7 Å². The highest BCUT2D eigenvalue weighted by Gasteiger charge is 2.35. The molecule has 3 atom stereocenters. The Morgan fingerprint density at radius 3 is 2.67 bits per heavy atom. The third kappa shape index (κ3) is 1.54. The van der Waals surface area contributed by atoms with Gasteiger partial charge in [0.2, 0.25) is 0 Å². The topological polar surface area (TPSA) is 15.3 Å². The fourth-order valence-corrected chi connectivity index (χ4v) is 2.43. The molecule has 12 heavy (non-hydrogen) atoms. The number of nitrogens with one attached hydrogen (secondary N) is 1. The first-order valence-corrected chi connectivity index (χ1v) is 4.85. The van der Waals surface area contributed by atoms with Gasteiger partial charge >= 0.3 is 0 Å². The van der Waals surface area contributed by atoms with Gasteiger partial charge in [0.15, 0.2) is 0 Å². The zero-order chi connectivity index (χ0) is 8.55. The van der Waals surface area contributed by atoms with Gasteiger partial charge in [0.05, 0.1) is 0 Å². The molecule has 2 aliphatic rings. The summed E-state index contributed by atoms with van der Waals surface area (Å²) in [5, 5.41) is 2.05. The van der Waals surface area contributed by atoms with Crippen LogP contribution in [0.3, 0.4) is 0 Å². The molecule has 1 saturated carbocycles. The summed E-state index contributed by atoms with van der Waals surface area (Å²) in [4.78, 5) is 0. The lowest BCUT2D eigenvalue weighted by Crippen LogP contribution is -2.35. The standard InChI is InChI=1S/C10H18N2/c1-12(2)11-7-10-6-8-3-4-9(10)5-8/h3-4,8-11H,5-7H2,1-2H3. The predicted molar refractivity (Wildman–Crippen MR) is 50.5 cm³/mol. The van der Waals surface area contributed by atoms with E-state index in [9.17, 15) is 0 Å². The van der Waals surface area contributed by atoms with E-state index in [0.29, 0.717) is 0 Å². The Morgan fingerprint density at radius 2 is 2.17 bits per heavy atom. The lowest BCUT2D eigenvalue weighted by Gasteiger charge is -2.21. The normalized spacial score (nSPS) is 38.4. The number of allylic oxidation sites excluding steroid dienone is 2. The van der Waals surface area contributed by atoms with Crippen molar-refractivity contribution >= 4 is 0 Å². The number of hydrogen-bond acceptors (Lipinski definition) is 2. The van der Waals surface area contributed by atoms with Crippen LogP contribution < -0.4 is 5.43 Å². The predicted octanol–water partition coefficient (Wildman–Crippen LogP) is 1.26. The maximum absolute atomic E-state index is 3.37. The summed E-state index contributed by atoms with van der Waals surface area (Å²) >= 11 is 0. The van der Waals surface area contributed by atoms with E-state index in [4.69, 9.17) is 0 Å². The van der Waals surface area contributed by atoms with E-state index >= 15 is 0 Å². The average Bonchev–Trinajstić information content (AvgIpc) is 2.60. The van der Waals surface area contributed by atoms with Crippen molar-refractivity contribution < 1.29 is 0 Å². The van der Waals surface area contributed by atoms with Crippen molar-refractivity contribution in [2.45, 2.75) is 12.8 Å². The van der Waals surface area contributed by atoms with Gasteiger partial charge in [0, 0.05) is 20.6 Å². The van der Waals surface area contributed by atoms with Crippen LogP contribution in [0, 0.1) is 17.8 Å². The van der Waals surface area contributed by atoms with Crippen molar-refractivity contribution in [1.29, 1.82) is 0 Å². The fraction of sp³-hybridized carbons (Fsp3) is 0.800. The Kier molecular flexibility index (Phi) is 2.20. The second kappa shape index (κ2) is 3.19. The van der Waals surface area contributed by atoms with Crippen LogP contribution in [-0.2, 0) is 0 Å². The van der Waals surface area contributed by atoms with E-state index in [1.165, 1.54) is 12.8 Å². The van der Waals surface area contributed by atoms with Crippen LogP contribution in [0.4, 0.5) is 0 Å². The maximum Gasteiger partial charge on any atom is 0.0136 e. The van der Waals surface area contributed by atoms with Crippen molar-refractivity contribution in [3.8, 4) is 0 Å². The molecular formula is C10H18N2. The van der Waals surface area contributed by atoms with Crippen molar-refractivity contribution in [3.63, 3.8) is 0 Å². The monoisotopic (exact) mass is 166 g/mol. The van der Waals surface area contributed by atoms with Gasteiger partial charge in [0.1, 0.15) is 0 Å². The molecule has 0 aromatic heterocycles. The maximum atomic E-state index is 3.37. The highest BCUT2D eigenvalue weighted by atomic mass is 15.5. The molecule has 0 amide bonds. The molecule has 0 aliphatic heterocycles. The third-order valence-electron chi connectivity index (χ3n) is 3.09. The summed E-state index contributed by atoms with van der Waals surface area (Å²) in [5.41, 5.74) is 3.37. The van der Waals surface area contributed by atoms with Crippen LogP contribution in [0.25, 0.3) is 0 Å². The van der Waals surface area contributed by atoms with Crippen LogP contribution in [-0.4, -0.2) is 25.6 Å².